The summed E-state index contributed by atoms with van der Waals surface area (Å²) in [7, 11) is 1.54. The first kappa shape index (κ1) is 13.5. The number of hydrogen-bond donors (Lipinski definition) is 0. The Morgan fingerprint density at radius 1 is 1.33 bits per heavy atom. The monoisotopic (exact) mass is 235 g/mol. The first-order valence-corrected chi connectivity index (χ1v) is 4.44. The molecule has 0 radical (unpaired) electrons. The molecule has 2 amide bonds. The molecule has 0 spiro atoms. The van der Waals surface area contributed by atoms with Crippen LogP contribution in [0.25, 0.3) is 0 Å². The molecule has 8 heteroatoms. The highest BCUT2D eigenvalue weighted by molar-refractivity contribution is 7.11. The van der Waals surface area contributed by atoms with Gasteiger partial charge in [0.2, 0.25) is 0 Å². The van der Waals surface area contributed by atoms with Gasteiger partial charge in [0.1, 0.15) is 0 Å². The molecule has 0 saturated heterocycles. The van der Waals surface area contributed by atoms with E-state index in [2.05, 4.69) is 9.36 Å². The standard InChI is InChI=1S/C7H10NO6P/c1-2-3-5(10)8(4-9)13-6(11)7(12)14-15/h4H,2-3,15H2,1H3. The third-order valence-electron chi connectivity index (χ3n) is 1.26. The lowest BCUT2D eigenvalue weighted by Crippen LogP contribution is -2.34. The molecule has 0 heterocycles. The Bertz CT molecular complexity index is 279. The average Bonchev–Trinajstić information content (AvgIpc) is 2.24. The summed E-state index contributed by atoms with van der Waals surface area (Å²) in [5.41, 5.74) is 0. The minimum atomic E-state index is -1.44. The molecule has 0 aromatic carbocycles. The van der Waals surface area contributed by atoms with Crippen molar-refractivity contribution in [2.45, 2.75) is 19.8 Å². The fraction of sp³-hybridized carbons (Fsp3) is 0.429. The van der Waals surface area contributed by atoms with Crippen LogP contribution in [-0.4, -0.2) is 29.3 Å². The van der Waals surface area contributed by atoms with Crippen molar-refractivity contribution in [1.82, 2.24) is 5.06 Å². The summed E-state index contributed by atoms with van der Waals surface area (Å²) < 4.78 is 3.95. The summed E-state index contributed by atoms with van der Waals surface area (Å²) in [4.78, 5) is 46.9. The van der Waals surface area contributed by atoms with Crippen LogP contribution in [0.2, 0.25) is 0 Å². The first-order chi connectivity index (χ1) is 7.06. The normalized spacial score (nSPS) is 8.93. The van der Waals surface area contributed by atoms with E-state index in [-0.39, 0.29) is 17.9 Å². The van der Waals surface area contributed by atoms with E-state index in [1.54, 1.807) is 16.4 Å². The lowest BCUT2D eigenvalue weighted by molar-refractivity contribution is -0.199. The summed E-state index contributed by atoms with van der Waals surface area (Å²) in [6, 6.07) is 0. The molecule has 15 heavy (non-hydrogen) atoms. The molecule has 0 aromatic heterocycles. The Hall–Kier alpha value is -1.49. The Morgan fingerprint density at radius 2 is 1.93 bits per heavy atom. The van der Waals surface area contributed by atoms with Crippen LogP contribution in [0.15, 0.2) is 0 Å². The second-order valence-corrected chi connectivity index (χ2v) is 2.59. The van der Waals surface area contributed by atoms with Gasteiger partial charge in [-0.15, -0.1) is 5.06 Å². The van der Waals surface area contributed by atoms with Gasteiger partial charge >= 0.3 is 11.9 Å². The van der Waals surface area contributed by atoms with Gasteiger partial charge in [0, 0.05) is 6.42 Å². The van der Waals surface area contributed by atoms with Crippen molar-refractivity contribution in [3.63, 3.8) is 0 Å². The Balaban J connectivity index is 4.33. The van der Waals surface area contributed by atoms with Crippen molar-refractivity contribution in [3.8, 4) is 0 Å². The van der Waals surface area contributed by atoms with Crippen LogP contribution in [0.3, 0.4) is 0 Å². The molecule has 0 aliphatic carbocycles. The topological polar surface area (TPSA) is 90.0 Å². The highest BCUT2D eigenvalue weighted by atomic mass is 31.0. The second-order valence-electron chi connectivity index (χ2n) is 2.36. The van der Waals surface area contributed by atoms with Crippen LogP contribution in [-0.2, 0) is 28.5 Å². The molecule has 0 aliphatic rings. The van der Waals surface area contributed by atoms with Crippen molar-refractivity contribution in [2.75, 3.05) is 0 Å². The summed E-state index contributed by atoms with van der Waals surface area (Å²) >= 11 is 0. The van der Waals surface area contributed by atoms with Crippen molar-refractivity contribution < 1.29 is 28.5 Å². The number of nitrogens with zero attached hydrogens (tertiary/aromatic N) is 1. The number of carbonyl (C=O) groups excluding carboxylic acids is 4. The van der Waals surface area contributed by atoms with Gasteiger partial charge in [0.25, 0.3) is 12.3 Å². The fourth-order valence-electron chi connectivity index (χ4n) is 0.630. The Morgan fingerprint density at radius 3 is 2.33 bits per heavy atom. The first-order valence-electron chi connectivity index (χ1n) is 3.97. The molecular weight excluding hydrogens is 225 g/mol. The number of amides is 2. The van der Waals surface area contributed by atoms with E-state index in [1.807, 2.05) is 0 Å². The van der Waals surface area contributed by atoms with Crippen LogP contribution in [0.1, 0.15) is 19.8 Å². The lowest BCUT2D eigenvalue weighted by Gasteiger charge is -2.12. The van der Waals surface area contributed by atoms with Crippen molar-refractivity contribution >= 4 is 33.7 Å². The predicted molar refractivity (Wildman–Crippen MR) is 49.7 cm³/mol. The SMILES string of the molecule is CCCC(=O)N(C=O)OC(=O)C(=O)OP. The molecule has 0 fully saturated rings. The van der Waals surface area contributed by atoms with E-state index in [1.165, 1.54) is 0 Å². The summed E-state index contributed by atoms with van der Waals surface area (Å²) in [6.45, 7) is 1.71. The van der Waals surface area contributed by atoms with Gasteiger partial charge in [-0.2, -0.15) is 0 Å². The number of hydroxylamine groups is 2. The highest BCUT2D eigenvalue weighted by Crippen LogP contribution is 1.98. The van der Waals surface area contributed by atoms with Gasteiger partial charge in [-0.3, -0.25) is 9.59 Å². The van der Waals surface area contributed by atoms with Gasteiger partial charge in [-0.05, 0) is 6.42 Å². The number of hydrogen-bond acceptors (Lipinski definition) is 6. The van der Waals surface area contributed by atoms with Crippen LogP contribution in [0.4, 0.5) is 0 Å². The van der Waals surface area contributed by atoms with Gasteiger partial charge in [0.15, 0.2) is 0 Å². The van der Waals surface area contributed by atoms with E-state index >= 15 is 0 Å². The molecule has 1 atom stereocenters. The maximum Gasteiger partial charge on any atom is 0.442 e. The lowest BCUT2D eigenvalue weighted by atomic mass is 10.3. The average molecular weight is 235 g/mol. The number of carbonyl (C=O) groups is 4. The van der Waals surface area contributed by atoms with Crippen LogP contribution in [0.5, 0.6) is 0 Å². The van der Waals surface area contributed by atoms with E-state index in [4.69, 9.17) is 0 Å². The third-order valence-corrected chi connectivity index (χ3v) is 1.47. The maximum absolute atomic E-state index is 11.1. The van der Waals surface area contributed by atoms with Gasteiger partial charge < -0.3 is 9.36 Å². The van der Waals surface area contributed by atoms with Crippen molar-refractivity contribution in [2.24, 2.45) is 0 Å². The largest absolute Gasteiger partial charge is 0.443 e. The molecule has 0 aliphatic heterocycles. The second kappa shape index (κ2) is 6.89. The van der Waals surface area contributed by atoms with Crippen LogP contribution < -0.4 is 0 Å². The van der Waals surface area contributed by atoms with Gasteiger partial charge in [-0.1, -0.05) is 6.92 Å². The molecule has 0 N–H and O–H groups in total. The van der Waals surface area contributed by atoms with Crippen molar-refractivity contribution in [1.29, 1.82) is 0 Å². The molecular formula is C7H10NO6P. The highest BCUT2D eigenvalue weighted by Gasteiger charge is 2.23. The molecule has 1 unspecified atom stereocenters. The van der Waals surface area contributed by atoms with E-state index in [0.717, 1.165) is 0 Å². The zero-order chi connectivity index (χ0) is 11.8. The molecule has 0 saturated carbocycles. The number of imide groups is 1. The number of rotatable bonds is 3. The minimum Gasteiger partial charge on any atom is -0.443 e. The van der Waals surface area contributed by atoms with Gasteiger partial charge in [-0.25, -0.2) is 9.59 Å². The molecule has 0 aromatic rings. The molecule has 7 nitrogen and oxygen atoms in total. The zero-order valence-corrected chi connectivity index (χ0v) is 9.12. The summed E-state index contributed by atoms with van der Waals surface area (Å²) in [6.07, 6.45) is 0.517. The molecule has 84 valence electrons. The van der Waals surface area contributed by atoms with Crippen molar-refractivity contribution in [3.05, 3.63) is 0 Å². The molecule has 0 bridgehead atoms. The molecule has 0 rings (SSSR count). The fourth-order valence-corrected chi connectivity index (χ4v) is 0.726. The third kappa shape index (κ3) is 4.51. The van der Waals surface area contributed by atoms with Gasteiger partial charge in [0.05, 0.1) is 9.47 Å². The minimum absolute atomic E-state index is 0.00593. The van der Waals surface area contributed by atoms with Crippen LogP contribution in [0, 0.1) is 0 Å². The predicted octanol–water partition coefficient (Wildman–Crippen LogP) is -0.437. The van der Waals surface area contributed by atoms with E-state index in [0.29, 0.717) is 6.42 Å². The summed E-state index contributed by atoms with van der Waals surface area (Å²) in [5, 5.41) is 0.160. The maximum atomic E-state index is 11.1. The van der Waals surface area contributed by atoms with E-state index < -0.39 is 17.8 Å². The Kier molecular flexibility index (Phi) is 6.21. The van der Waals surface area contributed by atoms with E-state index in [9.17, 15) is 19.2 Å². The summed E-state index contributed by atoms with van der Waals surface area (Å²) in [5.74, 6) is -3.48. The Labute approximate surface area is 87.9 Å². The van der Waals surface area contributed by atoms with Crippen LogP contribution >= 0.6 is 9.47 Å². The zero-order valence-electron chi connectivity index (χ0n) is 7.97. The smallest absolute Gasteiger partial charge is 0.442 e. The quantitative estimate of drug-likeness (QED) is 0.285.